The molecule has 0 aliphatic carbocycles. The van der Waals surface area contributed by atoms with Crippen LogP contribution in [0.1, 0.15) is 73.1 Å². The van der Waals surface area contributed by atoms with Gasteiger partial charge in [-0.05, 0) is 49.9 Å². The van der Waals surface area contributed by atoms with Gasteiger partial charge in [-0.25, -0.2) is 0 Å². The topological polar surface area (TPSA) is 157 Å². The number of rotatable bonds is 11. The Kier molecular flexibility index (Phi) is 11.2. The van der Waals surface area contributed by atoms with Crippen molar-refractivity contribution in [2.24, 2.45) is 11.8 Å². The molecule has 0 aliphatic rings. The Morgan fingerprint density at radius 1 is 0.639 bits per heavy atom. The molecule has 2 aromatic rings. The molecule has 0 aliphatic heterocycles. The first kappa shape index (κ1) is 28.2. The van der Waals surface area contributed by atoms with Crippen LogP contribution < -0.4 is 21.7 Å². The number of benzene rings is 2. The van der Waals surface area contributed by atoms with Gasteiger partial charge >= 0.3 is 0 Å². The first-order valence-corrected chi connectivity index (χ1v) is 12.0. The van der Waals surface area contributed by atoms with E-state index in [1.54, 1.807) is 24.3 Å². The molecule has 0 saturated heterocycles. The lowest BCUT2D eigenvalue weighted by atomic mass is 9.94. The summed E-state index contributed by atoms with van der Waals surface area (Å²) in [5.41, 5.74) is 9.59. The van der Waals surface area contributed by atoms with E-state index in [0.717, 1.165) is 0 Å². The molecule has 0 radical (unpaired) electrons. The van der Waals surface area contributed by atoms with Crippen molar-refractivity contribution in [3.8, 4) is 11.5 Å². The zero-order valence-corrected chi connectivity index (χ0v) is 20.5. The van der Waals surface area contributed by atoms with E-state index in [9.17, 15) is 29.4 Å². The van der Waals surface area contributed by atoms with Crippen LogP contribution in [0.5, 0.6) is 11.5 Å². The minimum absolute atomic E-state index is 0.0616. The fourth-order valence-corrected chi connectivity index (χ4v) is 3.73. The van der Waals surface area contributed by atoms with Crippen molar-refractivity contribution < 1.29 is 29.4 Å². The highest BCUT2D eigenvalue weighted by atomic mass is 16.3. The summed E-state index contributed by atoms with van der Waals surface area (Å²) in [5, 5.41) is 19.5. The average molecular weight is 499 g/mol. The van der Waals surface area contributed by atoms with Gasteiger partial charge in [-0.15, -0.1) is 0 Å². The summed E-state index contributed by atoms with van der Waals surface area (Å²) in [5.74, 6) is -2.85. The molecular weight excluding hydrogens is 464 g/mol. The summed E-state index contributed by atoms with van der Waals surface area (Å²) >= 11 is 0. The average Bonchev–Trinajstić information content (AvgIpc) is 2.88. The molecule has 0 spiro atoms. The molecule has 0 fully saturated rings. The molecule has 4 amide bonds. The van der Waals surface area contributed by atoms with E-state index in [1.807, 2.05) is 13.8 Å². The lowest BCUT2D eigenvalue weighted by Crippen LogP contribution is -2.44. The number of carbonyl (C=O) groups is 4. The van der Waals surface area contributed by atoms with Gasteiger partial charge < -0.3 is 10.2 Å². The minimum atomic E-state index is -0.609. The summed E-state index contributed by atoms with van der Waals surface area (Å²) in [6.07, 6.45) is 3.72. The SMILES string of the molecule is CCC(CCCCC(CC)C(=O)NNC(=O)c1ccccc1O)C(=O)NNC(=O)c1ccccc1O. The summed E-state index contributed by atoms with van der Waals surface area (Å²) in [7, 11) is 0. The molecule has 0 aromatic heterocycles. The summed E-state index contributed by atoms with van der Waals surface area (Å²) in [6, 6.07) is 12.1. The number of phenolic OH excluding ortho intramolecular Hbond substituents is 2. The smallest absolute Gasteiger partial charge is 0.273 e. The highest BCUT2D eigenvalue weighted by molar-refractivity contribution is 5.98. The molecule has 0 bridgehead atoms. The Morgan fingerprint density at radius 2 is 1.00 bits per heavy atom. The predicted octanol–water partition coefficient (Wildman–Crippen LogP) is 2.93. The number of hydrazine groups is 2. The number of para-hydroxylation sites is 2. The first-order chi connectivity index (χ1) is 17.3. The molecule has 6 N–H and O–H groups in total. The van der Waals surface area contributed by atoms with E-state index in [2.05, 4.69) is 21.7 Å². The van der Waals surface area contributed by atoms with E-state index in [0.29, 0.717) is 38.5 Å². The number of carbonyl (C=O) groups excluding carboxylic acids is 4. The summed E-state index contributed by atoms with van der Waals surface area (Å²) in [6.45, 7) is 3.76. The van der Waals surface area contributed by atoms with Crippen LogP contribution >= 0.6 is 0 Å². The lowest BCUT2D eigenvalue weighted by Gasteiger charge is -2.18. The number of hydrogen-bond donors (Lipinski definition) is 6. The van der Waals surface area contributed by atoms with Crippen LogP contribution in [0.15, 0.2) is 48.5 Å². The maximum Gasteiger partial charge on any atom is 0.273 e. The highest BCUT2D eigenvalue weighted by Crippen LogP contribution is 2.19. The second kappa shape index (κ2) is 14.3. The molecule has 2 aromatic carbocycles. The van der Waals surface area contributed by atoms with Crippen molar-refractivity contribution in [2.75, 3.05) is 0 Å². The second-order valence-electron chi connectivity index (χ2n) is 8.42. The number of aromatic hydroxyl groups is 2. The molecule has 10 heteroatoms. The molecule has 10 nitrogen and oxygen atoms in total. The normalized spacial score (nSPS) is 12.2. The highest BCUT2D eigenvalue weighted by Gasteiger charge is 2.20. The number of phenols is 2. The van der Waals surface area contributed by atoms with Gasteiger partial charge in [-0.1, -0.05) is 51.0 Å². The monoisotopic (exact) mass is 498 g/mol. The second-order valence-corrected chi connectivity index (χ2v) is 8.42. The van der Waals surface area contributed by atoms with Crippen molar-refractivity contribution in [1.82, 2.24) is 21.7 Å². The van der Waals surface area contributed by atoms with Gasteiger partial charge in [0.15, 0.2) is 0 Å². The molecule has 36 heavy (non-hydrogen) atoms. The Morgan fingerprint density at radius 3 is 1.33 bits per heavy atom. The number of unbranched alkanes of at least 4 members (excludes halogenated alkanes) is 1. The van der Waals surface area contributed by atoms with Gasteiger partial charge in [0.25, 0.3) is 11.8 Å². The van der Waals surface area contributed by atoms with Gasteiger partial charge in [0.2, 0.25) is 11.8 Å². The first-order valence-electron chi connectivity index (χ1n) is 12.0. The Bertz CT molecular complexity index is 975. The van der Waals surface area contributed by atoms with E-state index in [-0.39, 0.29) is 46.3 Å². The van der Waals surface area contributed by atoms with Crippen LogP contribution in [0.2, 0.25) is 0 Å². The van der Waals surface area contributed by atoms with Gasteiger partial charge in [-0.2, -0.15) is 0 Å². The van der Waals surface area contributed by atoms with Gasteiger partial charge in [0, 0.05) is 11.8 Å². The molecule has 0 heterocycles. The molecule has 2 unspecified atom stereocenters. The fraction of sp³-hybridized carbons (Fsp3) is 0.385. The molecule has 0 saturated carbocycles. The molecule has 2 rings (SSSR count). The molecule has 194 valence electrons. The fourth-order valence-electron chi connectivity index (χ4n) is 3.73. The van der Waals surface area contributed by atoms with E-state index in [1.165, 1.54) is 24.3 Å². The minimum Gasteiger partial charge on any atom is -0.507 e. The van der Waals surface area contributed by atoms with Crippen molar-refractivity contribution >= 4 is 23.6 Å². The van der Waals surface area contributed by atoms with Crippen LogP contribution in [0, 0.1) is 11.8 Å². The van der Waals surface area contributed by atoms with Gasteiger partial charge in [0.05, 0.1) is 11.1 Å². The van der Waals surface area contributed by atoms with Crippen molar-refractivity contribution in [3.05, 3.63) is 59.7 Å². The number of amides is 4. The molecular formula is C26H34N4O6. The van der Waals surface area contributed by atoms with E-state index in [4.69, 9.17) is 0 Å². The third-order valence-electron chi connectivity index (χ3n) is 5.98. The maximum absolute atomic E-state index is 12.5. The third kappa shape index (κ3) is 8.30. The van der Waals surface area contributed by atoms with Crippen molar-refractivity contribution in [1.29, 1.82) is 0 Å². The van der Waals surface area contributed by atoms with Gasteiger partial charge in [-0.3, -0.25) is 40.9 Å². The molecule has 2 atom stereocenters. The number of nitrogens with one attached hydrogen (secondary N) is 4. The Balaban J connectivity index is 1.73. The summed E-state index contributed by atoms with van der Waals surface area (Å²) in [4.78, 5) is 49.2. The van der Waals surface area contributed by atoms with Crippen molar-refractivity contribution in [3.63, 3.8) is 0 Å². The number of hydrogen-bond acceptors (Lipinski definition) is 6. The summed E-state index contributed by atoms with van der Waals surface area (Å²) < 4.78 is 0. The zero-order valence-electron chi connectivity index (χ0n) is 20.5. The zero-order chi connectivity index (χ0) is 26.5. The standard InChI is InChI=1S/C26H34N4O6/c1-3-17(23(33)27-29-25(35)19-13-7-9-15-21(19)31)11-5-6-12-18(4-2)24(34)28-30-26(36)20-14-8-10-16-22(20)32/h7-10,13-18,31-32H,3-6,11-12H2,1-2H3,(H,27,33)(H,28,34)(H,29,35)(H,30,36). The largest absolute Gasteiger partial charge is 0.507 e. The Labute approximate surface area is 210 Å². The van der Waals surface area contributed by atoms with Crippen molar-refractivity contribution in [2.45, 2.75) is 52.4 Å². The quantitative estimate of drug-likeness (QED) is 0.207. The maximum atomic E-state index is 12.5. The third-order valence-corrected chi connectivity index (χ3v) is 5.98. The lowest BCUT2D eigenvalue weighted by molar-refractivity contribution is -0.127. The van der Waals surface area contributed by atoms with Crippen LogP contribution in [0.4, 0.5) is 0 Å². The van der Waals surface area contributed by atoms with Gasteiger partial charge in [0.1, 0.15) is 11.5 Å². The van der Waals surface area contributed by atoms with E-state index >= 15 is 0 Å². The van der Waals surface area contributed by atoms with E-state index < -0.39 is 11.8 Å². The predicted molar refractivity (Wildman–Crippen MR) is 133 cm³/mol. The Hall–Kier alpha value is -4.08. The van der Waals surface area contributed by atoms with Crippen LogP contribution in [-0.2, 0) is 9.59 Å². The van der Waals surface area contributed by atoms with Crippen LogP contribution in [-0.4, -0.2) is 33.8 Å². The van der Waals surface area contributed by atoms with Crippen LogP contribution in [0.25, 0.3) is 0 Å². The van der Waals surface area contributed by atoms with Crippen LogP contribution in [0.3, 0.4) is 0 Å².